The molecule has 1 saturated carbocycles. The number of nitrogens with zero attached hydrogens (tertiary/aromatic N) is 1. The molecule has 0 bridgehead atoms. The summed E-state index contributed by atoms with van der Waals surface area (Å²) in [5.41, 5.74) is 1.19. The maximum absolute atomic E-state index is 13.4. The van der Waals surface area contributed by atoms with Gasteiger partial charge in [0, 0.05) is 41.8 Å². The molecule has 2 aromatic rings. The minimum absolute atomic E-state index is 0.0931. The summed E-state index contributed by atoms with van der Waals surface area (Å²) < 4.78 is 18.4. The van der Waals surface area contributed by atoms with Crippen molar-refractivity contribution in [3.63, 3.8) is 0 Å². The van der Waals surface area contributed by atoms with Gasteiger partial charge in [-0.3, -0.25) is 9.59 Å². The topological polar surface area (TPSA) is 108 Å². The van der Waals surface area contributed by atoms with Gasteiger partial charge in [0.25, 0.3) is 17.6 Å². The Labute approximate surface area is 188 Å². The minimum atomic E-state index is -2.35. The maximum atomic E-state index is 13.4. The smallest absolute Gasteiger partial charge is 0.407 e. The van der Waals surface area contributed by atoms with Crippen LogP contribution in [0.15, 0.2) is 42.5 Å². The van der Waals surface area contributed by atoms with E-state index in [4.69, 9.17) is 16.3 Å². The van der Waals surface area contributed by atoms with Crippen LogP contribution in [-0.2, 0) is 16.1 Å². The van der Waals surface area contributed by atoms with Gasteiger partial charge in [-0.1, -0.05) is 17.7 Å². The van der Waals surface area contributed by atoms with E-state index in [0.29, 0.717) is 16.8 Å². The van der Waals surface area contributed by atoms with Crippen LogP contribution in [-0.4, -0.2) is 41.4 Å². The quantitative estimate of drug-likeness (QED) is 0.573. The Morgan fingerprint density at radius 2 is 2.03 bits per heavy atom. The summed E-state index contributed by atoms with van der Waals surface area (Å²) in [6.07, 6.45) is 0.716. The standard InChI is InChI=1S/C22H21ClFN3O5/c23-15-8-13(9-16(24)11-15)12-25-21(30)32-22(31)6-7-27(20(22)29)18-3-1-2-14(10-18)19(28)26-17-4-5-17/h1-3,8-11,17,31H,4-7,12H2,(H,25,30)(H,26,28)/t22-/m0/s1. The summed E-state index contributed by atoms with van der Waals surface area (Å²) in [4.78, 5) is 38.5. The maximum Gasteiger partial charge on any atom is 0.410 e. The molecule has 1 aliphatic heterocycles. The van der Waals surface area contributed by atoms with Crippen molar-refractivity contribution in [3.8, 4) is 0 Å². The van der Waals surface area contributed by atoms with Crippen molar-refractivity contribution >= 4 is 35.2 Å². The van der Waals surface area contributed by atoms with Crippen molar-refractivity contribution in [1.29, 1.82) is 0 Å². The van der Waals surface area contributed by atoms with E-state index in [1.165, 1.54) is 17.0 Å². The largest absolute Gasteiger partial charge is 0.410 e. The lowest BCUT2D eigenvalue weighted by Gasteiger charge is -2.22. The molecule has 1 aliphatic carbocycles. The van der Waals surface area contributed by atoms with Crippen LogP contribution in [0.1, 0.15) is 35.2 Å². The van der Waals surface area contributed by atoms with Crippen LogP contribution in [0.25, 0.3) is 0 Å². The zero-order chi connectivity index (χ0) is 22.9. The molecule has 3 N–H and O–H groups in total. The molecule has 10 heteroatoms. The second-order valence-electron chi connectivity index (χ2n) is 7.81. The first-order chi connectivity index (χ1) is 15.2. The third kappa shape index (κ3) is 5.00. The number of amides is 3. The molecular formula is C22H21ClFN3O5. The van der Waals surface area contributed by atoms with Gasteiger partial charge in [0.15, 0.2) is 0 Å². The van der Waals surface area contributed by atoms with Crippen LogP contribution in [0.2, 0.25) is 5.02 Å². The molecular weight excluding hydrogens is 441 g/mol. The fourth-order valence-corrected chi connectivity index (χ4v) is 3.66. The Kier molecular flexibility index (Phi) is 6.03. The number of hydrogen-bond donors (Lipinski definition) is 3. The summed E-state index contributed by atoms with van der Waals surface area (Å²) in [6, 6.07) is 10.4. The van der Waals surface area contributed by atoms with Crippen LogP contribution < -0.4 is 15.5 Å². The molecule has 1 saturated heterocycles. The van der Waals surface area contributed by atoms with E-state index >= 15 is 0 Å². The third-order valence-electron chi connectivity index (χ3n) is 5.21. The van der Waals surface area contributed by atoms with E-state index in [9.17, 15) is 23.9 Å². The number of alkyl carbamates (subject to hydrolysis) is 1. The molecule has 0 radical (unpaired) electrons. The predicted octanol–water partition coefficient (Wildman–Crippen LogP) is 2.72. The second kappa shape index (κ2) is 8.76. The second-order valence-corrected chi connectivity index (χ2v) is 8.25. The van der Waals surface area contributed by atoms with Crippen molar-refractivity contribution in [1.82, 2.24) is 10.6 Å². The number of ether oxygens (including phenoxy) is 1. The van der Waals surface area contributed by atoms with Gasteiger partial charge < -0.3 is 25.4 Å². The summed E-state index contributed by atoms with van der Waals surface area (Å²) in [6.45, 7) is -0.0156. The molecule has 0 unspecified atom stereocenters. The number of aliphatic hydroxyl groups is 1. The van der Waals surface area contributed by atoms with Gasteiger partial charge in [0.1, 0.15) is 5.82 Å². The Balaban J connectivity index is 1.38. The van der Waals surface area contributed by atoms with Gasteiger partial charge >= 0.3 is 6.09 Å². The van der Waals surface area contributed by atoms with Crippen LogP contribution in [0.5, 0.6) is 0 Å². The van der Waals surface area contributed by atoms with E-state index in [1.807, 2.05) is 0 Å². The van der Waals surface area contributed by atoms with Crippen LogP contribution in [0.4, 0.5) is 14.9 Å². The highest BCUT2D eigenvalue weighted by Crippen LogP contribution is 2.30. The molecule has 8 nitrogen and oxygen atoms in total. The Hall–Kier alpha value is -3.17. The van der Waals surface area contributed by atoms with Gasteiger partial charge in [0.05, 0.1) is 0 Å². The first-order valence-electron chi connectivity index (χ1n) is 10.1. The number of carbonyl (C=O) groups excluding carboxylic acids is 3. The molecule has 0 spiro atoms. The molecule has 2 aliphatic rings. The number of hydrogen-bond acceptors (Lipinski definition) is 5. The Morgan fingerprint density at radius 1 is 1.25 bits per heavy atom. The average molecular weight is 462 g/mol. The van der Waals surface area contributed by atoms with Gasteiger partial charge in [-0.2, -0.15) is 0 Å². The van der Waals surface area contributed by atoms with Gasteiger partial charge in [-0.15, -0.1) is 0 Å². The highest BCUT2D eigenvalue weighted by Gasteiger charge is 2.49. The van der Waals surface area contributed by atoms with E-state index in [0.717, 1.165) is 18.9 Å². The highest BCUT2D eigenvalue weighted by molar-refractivity contribution is 6.30. The molecule has 0 aromatic heterocycles. The van der Waals surface area contributed by atoms with Crippen molar-refractivity contribution in [2.45, 2.75) is 37.6 Å². The minimum Gasteiger partial charge on any atom is -0.407 e. The number of nitrogens with one attached hydrogen (secondary N) is 2. The summed E-state index contributed by atoms with van der Waals surface area (Å²) in [5, 5.41) is 16.0. The number of halogens is 2. The van der Waals surface area contributed by atoms with Crippen molar-refractivity contribution < 1.29 is 28.6 Å². The monoisotopic (exact) mass is 461 g/mol. The van der Waals surface area contributed by atoms with Crippen LogP contribution in [0.3, 0.4) is 0 Å². The number of rotatable bonds is 6. The molecule has 1 heterocycles. The van der Waals surface area contributed by atoms with E-state index in [-0.39, 0.29) is 36.5 Å². The first kappa shape index (κ1) is 22.0. The zero-order valence-electron chi connectivity index (χ0n) is 16.9. The van der Waals surface area contributed by atoms with Crippen molar-refractivity contribution in [2.75, 3.05) is 11.4 Å². The predicted molar refractivity (Wildman–Crippen MR) is 114 cm³/mol. The molecule has 1 atom stereocenters. The molecule has 4 rings (SSSR count). The summed E-state index contributed by atoms with van der Waals surface area (Å²) in [7, 11) is 0. The average Bonchev–Trinajstić information content (AvgIpc) is 3.50. The Bertz CT molecular complexity index is 1060. The number of anilines is 1. The number of carbonyl (C=O) groups is 3. The fourth-order valence-electron chi connectivity index (χ4n) is 3.41. The number of benzene rings is 2. The Morgan fingerprint density at radius 3 is 2.75 bits per heavy atom. The molecule has 168 valence electrons. The van der Waals surface area contributed by atoms with E-state index < -0.39 is 23.6 Å². The first-order valence-corrected chi connectivity index (χ1v) is 10.5. The summed E-state index contributed by atoms with van der Waals surface area (Å²) in [5.74, 6) is -3.96. The highest BCUT2D eigenvalue weighted by atomic mass is 35.5. The van der Waals surface area contributed by atoms with Crippen LogP contribution >= 0.6 is 11.6 Å². The van der Waals surface area contributed by atoms with E-state index in [1.54, 1.807) is 24.3 Å². The SMILES string of the molecule is O=C(NCc1cc(F)cc(Cl)c1)O[C@@]1(O)CCN(c2cccc(C(=O)NC3CC3)c2)C1=O. The third-order valence-corrected chi connectivity index (χ3v) is 5.43. The van der Waals surface area contributed by atoms with Crippen LogP contribution in [0, 0.1) is 5.82 Å². The lowest BCUT2D eigenvalue weighted by molar-refractivity contribution is -0.175. The van der Waals surface area contributed by atoms with E-state index in [2.05, 4.69) is 10.6 Å². The van der Waals surface area contributed by atoms with Gasteiger partial charge in [-0.05, 0) is 54.8 Å². The molecule has 32 heavy (non-hydrogen) atoms. The van der Waals surface area contributed by atoms with Crippen molar-refractivity contribution in [2.24, 2.45) is 0 Å². The fraction of sp³-hybridized carbons (Fsp3) is 0.318. The van der Waals surface area contributed by atoms with Gasteiger partial charge in [0.2, 0.25) is 0 Å². The summed E-state index contributed by atoms with van der Waals surface area (Å²) >= 11 is 5.78. The molecule has 2 aromatic carbocycles. The molecule has 2 fully saturated rings. The van der Waals surface area contributed by atoms with Gasteiger partial charge in [-0.25, -0.2) is 9.18 Å². The van der Waals surface area contributed by atoms with Crippen molar-refractivity contribution in [3.05, 3.63) is 64.4 Å². The lowest BCUT2D eigenvalue weighted by Crippen LogP contribution is -2.46. The molecule has 3 amide bonds. The lowest BCUT2D eigenvalue weighted by atomic mass is 10.1. The normalized spacial score (nSPS) is 20.2. The zero-order valence-corrected chi connectivity index (χ0v) is 17.7.